The van der Waals surface area contributed by atoms with Gasteiger partial charge in [0.1, 0.15) is 0 Å². The summed E-state index contributed by atoms with van der Waals surface area (Å²) in [6, 6.07) is 26.7. The van der Waals surface area contributed by atoms with E-state index in [1.807, 2.05) is 36.4 Å². The Balaban J connectivity index is 1.38. The van der Waals surface area contributed by atoms with Crippen molar-refractivity contribution in [1.82, 2.24) is 0 Å². The fourth-order valence-electron chi connectivity index (χ4n) is 3.80. The third-order valence-corrected chi connectivity index (χ3v) is 6.13. The molecule has 0 aromatic heterocycles. The molecule has 0 radical (unpaired) electrons. The first kappa shape index (κ1) is 23.2. The van der Waals surface area contributed by atoms with E-state index in [2.05, 4.69) is 64.5 Å². The smallest absolute Gasteiger partial charge is 0.185 e. The largest absolute Gasteiger partial charge is 0.289 e. The molecule has 0 saturated carbocycles. The Morgan fingerprint density at radius 3 is 2.03 bits per heavy atom. The summed E-state index contributed by atoms with van der Waals surface area (Å²) in [4.78, 5) is 12.4. The van der Waals surface area contributed by atoms with Gasteiger partial charge in [-0.2, -0.15) is 0 Å². The van der Waals surface area contributed by atoms with Gasteiger partial charge >= 0.3 is 0 Å². The van der Waals surface area contributed by atoms with Crippen LogP contribution in [0.4, 0.5) is 0 Å². The number of allylic oxidation sites excluding steroid dienone is 1. The molecule has 0 atom stereocenters. The molecule has 3 aromatic rings. The Labute approximate surface area is 195 Å². The Kier molecular flexibility index (Phi) is 9.79. The first-order valence-corrected chi connectivity index (χ1v) is 12.1. The quantitative estimate of drug-likeness (QED) is 0.146. The molecule has 1 nitrogen and oxygen atoms in total. The van der Waals surface area contributed by atoms with Crippen LogP contribution in [-0.4, -0.2) is 5.78 Å². The topological polar surface area (TPSA) is 17.1 Å². The van der Waals surface area contributed by atoms with Crippen LogP contribution >= 0.6 is 15.9 Å². The van der Waals surface area contributed by atoms with E-state index in [-0.39, 0.29) is 5.78 Å². The molecule has 160 valence electrons. The summed E-state index contributed by atoms with van der Waals surface area (Å²) >= 11 is 3.41. The monoisotopic (exact) mass is 474 g/mol. The molecule has 0 heterocycles. The molecule has 0 N–H and O–H groups in total. The predicted octanol–water partition coefficient (Wildman–Crippen LogP) is 8.47. The van der Waals surface area contributed by atoms with Crippen molar-refractivity contribution in [3.63, 3.8) is 0 Å². The van der Waals surface area contributed by atoms with Crippen LogP contribution < -0.4 is 0 Å². The molecule has 0 spiro atoms. The summed E-state index contributed by atoms with van der Waals surface area (Å²) in [5, 5.41) is 0. The van der Waals surface area contributed by atoms with Crippen molar-refractivity contribution in [2.45, 2.75) is 51.4 Å². The van der Waals surface area contributed by atoms with Crippen molar-refractivity contribution < 1.29 is 4.79 Å². The van der Waals surface area contributed by atoms with Crippen LogP contribution in [0.25, 0.3) is 6.08 Å². The second-order valence-corrected chi connectivity index (χ2v) is 8.93. The van der Waals surface area contributed by atoms with Crippen LogP contribution in [0.2, 0.25) is 0 Å². The lowest BCUT2D eigenvalue weighted by Gasteiger charge is -2.06. The van der Waals surface area contributed by atoms with Gasteiger partial charge in [0.05, 0.1) is 0 Å². The second-order valence-electron chi connectivity index (χ2n) is 8.01. The number of hydrogen-bond acceptors (Lipinski definition) is 1. The van der Waals surface area contributed by atoms with Crippen molar-refractivity contribution in [2.75, 3.05) is 0 Å². The number of ketones is 1. The summed E-state index contributed by atoms with van der Waals surface area (Å²) < 4.78 is 0.981. The third-order valence-electron chi connectivity index (χ3n) is 5.60. The van der Waals surface area contributed by atoms with Crippen molar-refractivity contribution in [2.24, 2.45) is 0 Å². The molecular formula is C29H31BrO. The van der Waals surface area contributed by atoms with E-state index in [0.717, 1.165) is 16.5 Å². The number of benzene rings is 3. The van der Waals surface area contributed by atoms with Gasteiger partial charge in [0.25, 0.3) is 0 Å². The maximum Gasteiger partial charge on any atom is 0.185 e. The zero-order valence-corrected chi connectivity index (χ0v) is 19.7. The van der Waals surface area contributed by atoms with Crippen LogP contribution in [0.3, 0.4) is 0 Å². The number of carbonyl (C=O) groups excluding carboxylic acids is 1. The van der Waals surface area contributed by atoms with Crippen LogP contribution in [0.1, 0.15) is 65.6 Å². The van der Waals surface area contributed by atoms with Gasteiger partial charge in [-0.25, -0.2) is 0 Å². The van der Waals surface area contributed by atoms with Crippen LogP contribution in [-0.2, 0) is 12.8 Å². The summed E-state index contributed by atoms with van der Waals surface area (Å²) in [6.45, 7) is 0. The molecule has 3 rings (SSSR count). The molecule has 2 heteroatoms. The fourth-order valence-corrected chi connectivity index (χ4v) is 4.06. The molecule has 0 amide bonds. The Bertz CT molecular complexity index is 958. The van der Waals surface area contributed by atoms with Gasteiger partial charge in [0, 0.05) is 10.0 Å². The molecule has 3 aromatic carbocycles. The zero-order chi connectivity index (χ0) is 21.7. The summed E-state index contributed by atoms with van der Waals surface area (Å²) in [7, 11) is 0. The highest BCUT2D eigenvalue weighted by Gasteiger charge is 2.03. The van der Waals surface area contributed by atoms with E-state index in [9.17, 15) is 4.79 Å². The van der Waals surface area contributed by atoms with Crippen LogP contribution in [0, 0.1) is 0 Å². The number of halogens is 1. The minimum absolute atomic E-state index is 0.0396. The fraction of sp³-hybridized carbons (Fsp3) is 0.276. The summed E-state index contributed by atoms with van der Waals surface area (Å²) in [6.07, 6.45) is 13.6. The van der Waals surface area contributed by atoms with Crippen molar-refractivity contribution in [1.29, 1.82) is 0 Å². The standard InChI is InChI=1S/C29H31BrO/c30-28-21-18-27(19-22-28)29(31)23-20-26-17-11-10-16-25(26)15-9-4-2-1-3-6-12-24-13-7-5-8-14-24/h5,7-8,10-11,13-14,16-23H,1-4,6,9,12,15H2. The van der Waals surface area contributed by atoms with Gasteiger partial charge in [-0.15, -0.1) is 0 Å². The lowest BCUT2D eigenvalue weighted by atomic mass is 9.99. The van der Waals surface area contributed by atoms with E-state index < -0.39 is 0 Å². The van der Waals surface area contributed by atoms with Crippen LogP contribution in [0.5, 0.6) is 0 Å². The number of hydrogen-bond donors (Lipinski definition) is 0. The van der Waals surface area contributed by atoms with Gasteiger partial charge in [-0.3, -0.25) is 4.79 Å². The van der Waals surface area contributed by atoms with E-state index in [1.54, 1.807) is 6.08 Å². The molecule has 0 aliphatic carbocycles. The van der Waals surface area contributed by atoms with Gasteiger partial charge in [0.2, 0.25) is 0 Å². The summed E-state index contributed by atoms with van der Waals surface area (Å²) in [5.41, 5.74) is 4.64. The SMILES string of the molecule is O=C(C=Cc1ccccc1CCCCCCCCc1ccccc1)c1ccc(Br)cc1. The van der Waals surface area contributed by atoms with Gasteiger partial charge in [0.15, 0.2) is 5.78 Å². The number of unbranched alkanes of at least 4 members (excludes halogenated alkanes) is 5. The molecular weight excluding hydrogens is 444 g/mol. The van der Waals surface area contributed by atoms with Gasteiger partial charge < -0.3 is 0 Å². The second kappa shape index (κ2) is 13.1. The molecule has 0 bridgehead atoms. The minimum atomic E-state index is 0.0396. The normalized spacial score (nSPS) is 11.1. The van der Waals surface area contributed by atoms with E-state index in [1.165, 1.54) is 56.1 Å². The minimum Gasteiger partial charge on any atom is -0.289 e. The van der Waals surface area contributed by atoms with Crippen molar-refractivity contribution in [3.8, 4) is 0 Å². The Morgan fingerprint density at radius 2 is 1.29 bits per heavy atom. The first-order valence-electron chi connectivity index (χ1n) is 11.3. The van der Waals surface area contributed by atoms with Crippen molar-refractivity contribution >= 4 is 27.8 Å². The molecule has 0 unspecified atom stereocenters. The third kappa shape index (κ3) is 8.30. The van der Waals surface area contributed by atoms with Crippen LogP contribution in [0.15, 0.2) is 89.4 Å². The number of carbonyl (C=O) groups is 1. The summed E-state index contributed by atoms with van der Waals surface area (Å²) in [5.74, 6) is 0.0396. The lowest BCUT2D eigenvalue weighted by Crippen LogP contribution is -1.94. The maximum absolute atomic E-state index is 12.4. The Morgan fingerprint density at radius 1 is 0.677 bits per heavy atom. The molecule has 0 saturated heterocycles. The number of aryl methyl sites for hydroxylation is 2. The highest BCUT2D eigenvalue weighted by Crippen LogP contribution is 2.17. The van der Waals surface area contributed by atoms with Gasteiger partial charge in [-0.1, -0.05) is 102 Å². The zero-order valence-electron chi connectivity index (χ0n) is 18.1. The highest BCUT2D eigenvalue weighted by molar-refractivity contribution is 9.10. The maximum atomic E-state index is 12.4. The molecule has 31 heavy (non-hydrogen) atoms. The average molecular weight is 475 g/mol. The average Bonchev–Trinajstić information content (AvgIpc) is 2.81. The predicted molar refractivity (Wildman–Crippen MR) is 136 cm³/mol. The molecule has 0 aliphatic heterocycles. The van der Waals surface area contributed by atoms with E-state index in [0.29, 0.717) is 5.56 Å². The van der Waals surface area contributed by atoms with Crippen molar-refractivity contribution in [3.05, 3.63) is 112 Å². The highest BCUT2D eigenvalue weighted by atomic mass is 79.9. The molecule has 0 aliphatic rings. The number of rotatable bonds is 12. The van der Waals surface area contributed by atoms with E-state index >= 15 is 0 Å². The van der Waals surface area contributed by atoms with Gasteiger partial charge in [-0.05, 0) is 72.7 Å². The van der Waals surface area contributed by atoms with E-state index in [4.69, 9.17) is 0 Å². The Hall–Kier alpha value is -2.45. The lowest BCUT2D eigenvalue weighted by molar-refractivity contribution is 0.104. The first-order chi connectivity index (χ1) is 15.2. The molecule has 0 fully saturated rings.